The monoisotopic (exact) mass is 386 g/mol. The summed E-state index contributed by atoms with van der Waals surface area (Å²) in [5, 5.41) is 14.9. The van der Waals surface area contributed by atoms with E-state index in [2.05, 4.69) is 10.6 Å². The number of hydrogen-bond donors (Lipinski definition) is 3. The van der Waals surface area contributed by atoms with Crippen LogP contribution in [0.4, 0.5) is 4.79 Å². The molecule has 0 aliphatic heterocycles. The van der Waals surface area contributed by atoms with Crippen molar-refractivity contribution in [1.82, 2.24) is 10.6 Å². The van der Waals surface area contributed by atoms with Crippen molar-refractivity contribution < 1.29 is 24.2 Å². The van der Waals surface area contributed by atoms with E-state index in [0.717, 1.165) is 11.1 Å². The molecular weight excluding hydrogens is 360 g/mol. The number of carbonyl (C=O) groups excluding carboxylic acids is 2. The largest absolute Gasteiger partial charge is 0.445 e. The van der Waals surface area contributed by atoms with Crippen molar-refractivity contribution in [3.05, 3.63) is 71.8 Å². The lowest BCUT2D eigenvalue weighted by atomic mass is 10.1. The number of aliphatic hydroxyl groups is 1. The number of hydrogen-bond acceptors (Lipinski definition) is 5. The lowest BCUT2D eigenvalue weighted by molar-refractivity contribution is -0.123. The first-order valence-electron chi connectivity index (χ1n) is 9.04. The average molecular weight is 386 g/mol. The predicted octanol–water partition coefficient (Wildman–Crippen LogP) is 1.65. The van der Waals surface area contributed by atoms with E-state index >= 15 is 0 Å². The van der Waals surface area contributed by atoms with Crippen LogP contribution in [-0.4, -0.2) is 49.5 Å². The van der Waals surface area contributed by atoms with Crippen LogP contribution in [0, 0.1) is 0 Å². The molecule has 0 aliphatic rings. The van der Waals surface area contributed by atoms with Crippen LogP contribution in [0.1, 0.15) is 11.1 Å². The first-order chi connectivity index (χ1) is 13.6. The number of benzene rings is 2. The van der Waals surface area contributed by atoms with Crippen molar-refractivity contribution in [2.24, 2.45) is 0 Å². The minimum atomic E-state index is -0.833. The van der Waals surface area contributed by atoms with Gasteiger partial charge in [-0.05, 0) is 11.1 Å². The highest BCUT2D eigenvalue weighted by Crippen LogP contribution is 2.05. The Bertz CT molecular complexity index is 724. The summed E-state index contributed by atoms with van der Waals surface area (Å²) >= 11 is 0. The molecule has 28 heavy (non-hydrogen) atoms. The summed E-state index contributed by atoms with van der Waals surface area (Å²) in [6.45, 7) is 0.244. The summed E-state index contributed by atoms with van der Waals surface area (Å²) in [7, 11) is 1.47. The smallest absolute Gasteiger partial charge is 0.408 e. The maximum atomic E-state index is 12.5. The minimum Gasteiger partial charge on any atom is -0.445 e. The van der Waals surface area contributed by atoms with Crippen molar-refractivity contribution in [2.75, 3.05) is 20.3 Å². The predicted molar refractivity (Wildman–Crippen MR) is 105 cm³/mol. The molecule has 0 spiro atoms. The zero-order valence-electron chi connectivity index (χ0n) is 15.8. The third kappa shape index (κ3) is 7.77. The minimum absolute atomic E-state index is 0.0265. The first-order valence-corrected chi connectivity index (χ1v) is 9.04. The number of methoxy groups -OCH3 is 1. The van der Waals surface area contributed by atoms with Crippen molar-refractivity contribution in [3.8, 4) is 0 Å². The number of alkyl carbamates (subject to hydrolysis) is 1. The molecule has 0 saturated heterocycles. The number of nitrogens with one attached hydrogen (secondary N) is 2. The Hall–Kier alpha value is -2.90. The van der Waals surface area contributed by atoms with Gasteiger partial charge < -0.3 is 25.2 Å². The summed E-state index contributed by atoms with van der Waals surface area (Å²) in [5.74, 6) is -0.407. The summed E-state index contributed by atoms with van der Waals surface area (Å²) in [6, 6.07) is 17.8. The normalized spacial score (nSPS) is 12.6. The average Bonchev–Trinajstić information content (AvgIpc) is 2.72. The molecule has 0 bridgehead atoms. The quantitative estimate of drug-likeness (QED) is 0.577. The number of aliphatic hydroxyl groups excluding tert-OH is 1. The molecule has 150 valence electrons. The highest BCUT2D eigenvalue weighted by atomic mass is 16.5. The third-order valence-electron chi connectivity index (χ3n) is 3.97. The first kappa shape index (κ1) is 21.4. The van der Waals surface area contributed by atoms with Gasteiger partial charge in [0.15, 0.2) is 0 Å². The van der Waals surface area contributed by atoms with Gasteiger partial charge in [0.05, 0.1) is 12.7 Å². The molecule has 2 aromatic carbocycles. The van der Waals surface area contributed by atoms with Gasteiger partial charge in [0.2, 0.25) is 5.91 Å². The van der Waals surface area contributed by atoms with E-state index in [4.69, 9.17) is 9.47 Å². The second-order valence-corrected chi connectivity index (χ2v) is 6.30. The maximum Gasteiger partial charge on any atom is 0.408 e. The van der Waals surface area contributed by atoms with Crippen LogP contribution in [-0.2, 0) is 27.3 Å². The number of rotatable bonds is 10. The fourth-order valence-electron chi connectivity index (χ4n) is 2.56. The molecular formula is C21H26N2O5. The third-order valence-corrected chi connectivity index (χ3v) is 3.97. The summed E-state index contributed by atoms with van der Waals surface area (Å²) in [4.78, 5) is 24.7. The molecule has 3 N–H and O–H groups in total. The molecule has 0 aliphatic carbocycles. The molecule has 2 atom stereocenters. The number of amides is 2. The van der Waals surface area contributed by atoms with Gasteiger partial charge in [-0.25, -0.2) is 4.79 Å². The van der Waals surface area contributed by atoms with Crippen LogP contribution >= 0.6 is 0 Å². The van der Waals surface area contributed by atoms with E-state index in [1.165, 1.54) is 7.11 Å². The molecule has 0 radical (unpaired) electrons. The lowest BCUT2D eigenvalue weighted by Gasteiger charge is -2.19. The number of ether oxygens (including phenoxy) is 2. The summed E-state index contributed by atoms with van der Waals surface area (Å²) < 4.78 is 10.1. The Kier molecular flexibility index (Phi) is 8.97. The maximum absolute atomic E-state index is 12.5. The Balaban J connectivity index is 1.94. The summed E-state index contributed by atoms with van der Waals surface area (Å²) in [6.07, 6.45) is -1.21. The van der Waals surface area contributed by atoms with Gasteiger partial charge in [0.1, 0.15) is 12.6 Å². The van der Waals surface area contributed by atoms with Crippen molar-refractivity contribution in [2.45, 2.75) is 25.2 Å². The topological polar surface area (TPSA) is 96.9 Å². The van der Waals surface area contributed by atoms with E-state index in [1.807, 2.05) is 60.7 Å². The molecule has 0 fully saturated rings. The highest BCUT2D eigenvalue weighted by Gasteiger charge is 2.22. The van der Waals surface area contributed by atoms with Crippen LogP contribution < -0.4 is 10.6 Å². The standard InChI is InChI=1S/C21H26N2O5/c1-27-15-18(24)13-22-20(25)19(12-16-8-4-2-5-9-16)23-21(26)28-14-17-10-6-3-7-11-17/h2-11,18-19,24H,12-15H2,1H3,(H,22,25)(H,23,26)/t18?,19-/m0/s1. The molecule has 7 nitrogen and oxygen atoms in total. The molecule has 2 rings (SSSR count). The molecule has 0 aromatic heterocycles. The molecule has 1 unspecified atom stereocenters. The van der Waals surface area contributed by atoms with Gasteiger partial charge >= 0.3 is 6.09 Å². The molecule has 7 heteroatoms. The van der Waals surface area contributed by atoms with Crippen molar-refractivity contribution >= 4 is 12.0 Å². The van der Waals surface area contributed by atoms with Gasteiger partial charge in [0.25, 0.3) is 0 Å². The fourth-order valence-corrected chi connectivity index (χ4v) is 2.56. The zero-order valence-corrected chi connectivity index (χ0v) is 15.8. The lowest BCUT2D eigenvalue weighted by Crippen LogP contribution is -2.49. The fraction of sp³-hybridized carbons (Fsp3) is 0.333. The highest BCUT2D eigenvalue weighted by molar-refractivity contribution is 5.85. The second-order valence-electron chi connectivity index (χ2n) is 6.30. The van der Waals surface area contributed by atoms with E-state index < -0.39 is 24.1 Å². The Morgan fingerprint density at radius 2 is 1.61 bits per heavy atom. The van der Waals surface area contributed by atoms with Gasteiger partial charge in [-0.2, -0.15) is 0 Å². The van der Waals surface area contributed by atoms with Crippen LogP contribution in [0.15, 0.2) is 60.7 Å². The van der Waals surface area contributed by atoms with Crippen molar-refractivity contribution in [3.63, 3.8) is 0 Å². The molecule has 2 aromatic rings. The number of carbonyl (C=O) groups is 2. The molecule has 0 heterocycles. The molecule has 0 saturated carbocycles. The van der Waals surface area contributed by atoms with Gasteiger partial charge in [-0.3, -0.25) is 4.79 Å². The zero-order chi connectivity index (χ0) is 20.2. The van der Waals surface area contributed by atoms with E-state index in [1.54, 1.807) is 0 Å². The Morgan fingerprint density at radius 3 is 2.21 bits per heavy atom. The Morgan fingerprint density at radius 1 is 1.00 bits per heavy atom. The summed E-state index contributed by atoms with van der Waals surface area (Å²) in [5.41, 5.74) is 1.74. The van der Waals surface area contributed by atoms with Gasteiger partial charge in [-0.1, -0.05) is 60.7 Å². The second kappa shape index (κ2) is 11.7. The van der Waals surface area contributed by atoms with Gasteiger partial charge in [-0.15, -0.1) is 0 Å². The SMILES string of the molecule is COCC(O)CNC(=O)[C@H](Cc1ccccc1)NC(=O)OCc1ccccc1. The van der Waals surface area contributed by atoms with Crippen LogP contribution in [0.3, 0.4) is 0 Å². The molecule has 2 amide bonds. The van der Waals surface area contributed by atoms with Crippen molar-refractivity contribution in [1.29, 1.82) is 0 Å². The van der Waals surface area contributed by atoms with Crippen LogP contribution in [0.5, 0.6) is 0 Å². The van der Waals surface area contributed by atoms with E-state index in [-0.39, 0.29) is 19.8 Å². The Labute approximate surface area is 164 Å². The van der Waals surface area contributed by atoms with E-state index in [0.29, 0.717) is 6.42 Å². The van der Waals surface area contributed by atoms with Gasteiger partial charge in [0, 0.05) is 20.1 Å². The van der Waals surface area contributed by atoms with E-state index in [9.17, 15) is 14.7 Å². The van der Waals surface area contributed by atoms with Crippen LogP contribution in [0.2, 0.25) is 0 Å². The van der Waals surface area contributed by atoms with Crippen LogP contribution in [0.25, 0.3) is 0 Å².